The molecule has 0 spiro atoms. The maximum absolute atomic E-state index is 11.0. The Morgan fingerprint density at radius 1 is 1.36 bits per heavy atom. The molecule has 0 rings (SSSR count). The van der Waals surface area contributed by atoms with Gasteiger partial charge in [-0.25, -0.2) is 0 Å². The van der Waals surface area contributed by atoms with Crippen LogP contribution in [-0.4, -0.2) is 30.5 Å². The van der Waals surface area contributed by atoms with Gasteiger partial charge in [-0.15, -0.1) is 11.6 Å². The molecule has 4 nitrogen and oxygen atoms in total. The van der Waals surface area contributed by atoms with Gasteiger partial charge in [0.25, 0.3) is 0 Å². The Bertz CT molecular complexity index is 193. The molecule has 0 aliphatic heterocycles. The first kappa shape index (κ1) is 13.2. The van der Waals surface area contributed by atoms with E-state index in [2.05, 4.69) is 0 Å². The Kier molecular flexibility index (Phi) is 7.20. The second-order valence-electron chi connectivity index (χ2n) is 2.77. The molecule has 14 heavy (non-hydrogen) atoms. The largest absolute Gasteiger partial charge is 0.464 e. The lowest BCUT2D eigenvalue weighted by molar-refractivity contribution is -0.153. The summed E-state index contributed by atoms with van der Waals surface area (Å²) >= 11 is 5.33. The summed E-state index contributed by atoms with van der Waals surface area (Å²) in [7, 11) is 0. The summed E-state index contributed by atoms with van der Waals surface area (Å²) in [6, 6.07) is 0. The van der Waals surface area contributed by atoms with E-state index < -0.39 is 12.1 Å². The van der Waals surface area contributed by atoms with Crippen molar-refractivity contribution >= 4 is 23.5 Å². The molecular formula is C9H15ClO4. The molecule has 0 N–H and O–H groups in total. The van der Waals surface area contributed by atoms with Crippen molar-refractivity contribution in [2.24, 2.45) is 0 Å². The van der Waals surface area contributed by atoms with Crippen molar-refractivity contribution in [1.29, 1.82) is 0 Å². The molecule has 0 fully saturated rings. The zero-order valence-electron chi connectivity index (χ0n) is 8.42. The van der Waals surface area contributed by atoms with Crippen LogP contribution < -0.4 is 0 Å². The van der Waals surface area contributed by atoms with Crippen LogP contribution in [-0.2, 0) is 19.1 Å². The smallest absolute Gasteiger partial charge is 0.309 e. The predicted octanol–water partition coefficient (Wildman–Crippen LogP) is 1.50. The van der Waals surface area contributed by atoms with Crippen LogP contribution in [0.1, 0.15) is 26.7 Å². The molecule has 0 bridgehead atoms. The molecule has 82 valence electrons. The molecule has 0 amide bonds. The van der Waals surface area contributed by atoms with Gasteiger partial charge in [0.1, 0.15) is 12.7 Å². The normalized spacial score (nSPS) is 11.9. The third-order valence-electron chi connectivity index (χ3n) is 1.42. The Morgan fingerprint density at radius 3 is 2.50 bits per heavy atom. The number of rotatable bonds is 6. The van der Waals surface area contributed by atoms with Gasteiger partial charge in [0.15, 0.2) is 0 Å². The monoisotopic (exact) mass is 222 g/mol. The lowest BCUT2D eigenvalue weighted by atomic mass is 10.3. The summed E-state index contributed by atoms with van der Waals surface area (Å²) in [4.78, 5) is 21.8. The third-order valence-corrected chi connectivity index (χ3v) is 1.57. The molecule has 0 aromatic heterocycles. The van der Waals surface area contributed by atoms with E-state index in [4.69, 9.17) is 21.1 Å². The lowest BCUT2D eigenvalue weighted by Crippen LogP contribution is -2.19. The van der Waals surface area contributed by atoms with E-state index in [1.807, 2.05) is 0 Å². The van der Waals surface area contributed by atoms with Gasteiger partial charge in [0.05, 0.1) is 12.3 Å². The highest BCUT2D eigenvalue weighted by Gasteiger charge is 2.13. The van der Waals surface area contributed by atoms with Crippen molar-refractivity contribution < 1.29 is 19.1 Å². The first-order chi connectivity index (χ1) is 6.60. The van der Waals surface area contributed by atoms with Crippen molar-refractivity contribution in [3.63, 3.8) is 0 Å². The van der Waals surface area contributed by atoms with Crippen LogP contribution in [0.4, 0.5) is 0 Å². The van der Waals surface area contributed by atoms with Crippen LogP contribution in [0, 0.1) is 0 Å². The quantitative estimate of drug-likeness (QED) is 0.505. The van der Waals surface area contributed by atoms with Gasteiger partial charge < -0.3 is 9.47 Å². The highest BCUT2D eigenvalue weighted by molar-refractivity contribution is 6.18. The van der Waals surface area contributed by atoms with Gasteiger partial charge in [0, 0.05) is 6.42 Å². The van der Waals surface area contributed by atoms with E-state index in [0.717, 1.165) is 0 Å². The molecule has 0 aromatic rings. The second kappa shape index (κ2) is 7.62. The van der Waals surface area contributed by atoms with Gasteiger partial charge in [-0.05, 0) is 6.92 Å². The molecule has 0 heterocycles. The first-order valence-corrected chi connectivity index (χ1v) is 5.04. The minimum absolute atomic E-state index is 0.0721. The summed E-state index contributed by atoms with van der Waals surface area (Å²) in [5, 5.41) is 0. The summed E-state index contributed by atoms with van der Waals surface area (Å²) < 4.78 is 9.59. The molecule has 1 unspecified atom stereocenters. The number of esters is 2. The molecule has 0 saturated heterocycles. The SMILES string of the molecule is CCC(=O)OC(C)CC(=O)OCCCl. The fourth-order valence-electron chi connectivity index (χ4n) is 0.795. The van der Waals surface area contributed by atoms with Crippen LogP contribution in [0.25, 0.3) is 0 Å². The van der Waals surface area contributed by atoms with Gasteiger partial charge in [-0.3, -0.25) is 9.59 Å². The average Bonchev–Trinajstić information content (AvgIpc) is 2.14. The summed E-state index contributed by atoms with van der Waals surface area (Å²) in [5.74, 6) is -0.445. The Balaban J connectivity index is 3.65. The topological polar surface area (TPSA) is 52.6 Å². The fourth-order valence-corrected chi connectivity index (χ4v) is 0.873. The van der Waals surface area contributed by atoms with Crippen LogP contribution in [0.5, 0.6) is 0 Å². The molecule has 0 aliphatic rings. The average molecular weight is 223 g/mol. The molecular weight excluding hydrogens is 208 g/mol. The summed E-state index contributed by atoms with van der Waals surface area (Å²) in [5.41, 5.74) is 0. The minimum atomic E-state index is -0.440. The van der Waals surface area contributed by atoms with Gasteiger partial charge in [-0.1, -0.05) is 6.92 Å². The van der Waals surface area contributed by atoms with E-state index in [0.29, 0.717) is 6.42 Å². The number of carbonyl (C=O) groups excluding carboxylic acids is 2. The van der Waals surface area contributed by atoms with Crippen LogP contribution >= 0.6 is 11.6 Å². The standard InChI is InChI=1S/C9H15ClO4/c1-3-8(11)14-7(2)6-9(12)13-5-4-10/h7H,3-6H2,1-2H3. The van der Waals surface area contributed by atoms with Crippen molar-refractivity contribution in [3.8, 4) is 0 Å². The predicted molar refractivity (Wildman–Crippen MR) is 52.1 cm³/mol. The van der Waals surface area contributed by atoms with Crippen molar-refractivity contribution in [3.05, 3.63) is 0 Å². The Hall–Kier alpha value is -0.770. The van der Waals surface area contributed by atoms with E-state index in [-0.39, 0.29) is 24.9 Å². The van der Waals surface area contributed by atoms with E-state index in [1.165, 1.54) is 0 Å². The molecule has 0 radical (unpaired) electrons. The van der Waals surface area contributed by atoms with Gasteiger partial charge in [0.2, 0.25) is 0 Å². The van der Waals surface area contributed by atoms with Crippen LogP contribution in [0.15, 0.2) is 0 Å². The Morgan fingerprint density at radius 2 is 2.00 bits per heavy atom. The summed E-state index contributed by atoms with van der Waals surface area (Å²) in [6.07, 6.45) is -0.0609. The van der Waals surface area contributed by atoms with E-state index >= 15 is 0 Å². The van der Waals surface area contributed by atoms with Crippen LogP contribution in [0.3, 0.4) is 0 Å². The number of carbonyl (C=O) groups is 2. The molecule has 0 aromatic carbocycles. The van der Waals surface area contributed by atoms with Crippen LogP contribution in [0.2, 0.25) is 0 Å². The number of alkyl halides is 1. The minimum Gasteiger partial charge on any atom is -0.464 e. The lowest BCUT2D eigenvalue weighted by Gasteiger charge is -2.11. The number of halogens is 1. The zero-order chi connectivity index (χ0) is 11.0. The Labute approximate surface area is 88.5 Å². The van der Waals surface area contributed by atoms with E-state index in [9.17, 15) is 9.59 Å². The van der Waals surface area contributed by atoms with Crippen molar-refractivity contribution in [2.45, 2.75) is 32.8 Å². The van der Waals surface area contributed by atoms with Gasteiger partial charge in [-0.2, -0.15) is 0 Å². The van der Waals surface area contributed by atoms with Gasteiger partial charge >= 0.3 is 11.9 Å². The first-order valence-electron chi connectivity index (χ1n) is 4.51. The molecule has 1 atom stereocenters. The highest BCUT2D eigenvalue weighted by Crippen LogP contribution is 2.01. The summed E-state index contributed by atoms with van der Waals surface area (Å²) in [6.45, 7) is 3.53. The zero-order valence-corrected chi connectivity index (χ0v) is 9.17. The van der Waals surface area contributed by atoms with Crippen molar-refractivity contribution in [2.75, 3.05) is 12.5 Å². The van der Waals surface area contributed by atoms with Crippen molar-refractivity contribution in [1.82, 2.24) is 0 Å². The maximum Gasteiger partial charge on any atom is 0.309 e. The number of ether oxygens (including phenoxy) is 2. The van der Waals surface area contributed by atoms with E-state index in [1.54, 1.807) is 13.8 Å². The molecule has 0 aliphatic carbocycles. The third kappa shape index (κ3) is 6.71. The maximum atomic E-state index is 11.0. The fraction of sp³-hybridized carbons (Fsp3) is 0.778. The second-order valence-corrected chi connectivity index (χ2v) is 3.15. The molecule has 0 saturated carbocycles. The number of hydrogen-bond donors (Lipinski definition) is 0. The highest BCUT2D eigenvalue weighted by atomic mass is 35.5. The molecule has 5 heteroatoms. The number of hydrogen-bond acceptors (Lipinski definition) is 4.